The summed E-state index contributed by atoms with van der Waals surface area (Å²) in [5, 5.41) is 4.89. The fourth-order valence-corrected chi connectivity index (χ4v) is 2.41. The van der Waals surface area contributed by atoms with Crippen molar-refractivity contribution in [1.29, 1.82) is 0 Å². The molecule has 0 spiro atoms. The van der Waals surface area contributed by atoms with E-state index < -0.39 is 0 Å². The number of amides is 1. The monoisotopic (exact) mass is 269 g/mol. The summed E-state index contributed by atoms with van der Waals surface area (Å²) in [6.45, 7) is 4.07. The molecule has 1 amide bonds. The van der Waals surface area contributed by atoms with Gasteiger partial charge in [0.1, 0.15) is 0 Å². The number of ether oxygens (including phenoxy) is 1. The lowest BCUT2D eigenvalue weighted by Crippen LogP contribution is -2.34. The molecule has 1 heterocycles. The minimum Gasteiger partial charge on any atom is -0.466 e. The van der Waals surface area contributed by atoms with Crippen LogP contribution in [0.4, 0.5) is 0 Å². The summed E-state index contributed by atoms with van der Waals surface area (Å²) in [6.07, 6.45) is 1.15. The summed E-state index contributed by atoms with van der Waals surface area (Å²) in [5.74, 6) is -0.425. The number of nitrogens with one attached hydrogen (secondary N) is 1. The van der Waals surface area contributed by atoms with Crippen molar-refractivity contribution in [2.75, 3.05) is 6.61 Å². The molecule has 1 aromatic rings. The number of carbonyl (C=O) groups excluding carboxylic acids is 2. The first kappa shape index (κ1) is 14.7. The van der Waals surface area contributed by atoms with E-state index in [9.17, 15) is 9.59 Å². The van der Waals surface area contributed by atoms with E-state index >= 15 is 0 Å². The minimum absolute atomic E-state index is 0.0818. The van der Waals surface area contributed by atoms with E-state index in [-0.39, 0.29) is 30.8 Å². The maximum atomic E-state index is 11.6. The molecule has 5 heteroatoms. The van der Waals surface area contributed by atoms with E-state index in [1.165, 1.54) is 4.88 Å². The molecule has 4 nitrogen and oxygen atoms in total. The molecule has 18 heavy (non-hydrogen) atoms. The molecular formula is C13H19NO3S. The second-order valence-electron chi connectivity index (χ2n) is 4.06. The van der Waals surface area contributed by atoms with Crippen LogP contribution >= 0.6 is 11.3 Å². The maximum Gasteiger partial charge on any atom is 0.306 e. The number of rotatable bonds is 7. The van der Waals surface area contributed by atoms with Crippen molar-refractivity contribution in [2.45, 2.75) is 39.2 Å². The van der Waals surface area contributed by atoms with Gasteiger partial charge in [-0.15, -0.1) is 11.3 Å². The molecule has 0 saturated carbocycles. The highest BCUT2D eigenvalue weighted by Gasteiger charge is 2.11. The van der Waals surface area contributed by atoms with Gasteiger partial charge in [0.15, 0.2) is 0 Å². The summed E-state index contributed by atoms with van der Waals surface area (Å²) >= 11 is 1.68. The second-order valence-corrected chi connectivity index (χ2v) is 5.09. The summed E-state index contributed by atoms with van der Waals surface area (Å²) in [7, 11) is 0. The highest BCUT2D eigenvalue weighted by atomic mass is 32.1. The van der Waals surface area contributed by atoms with Gasteiger partial charge in [0.25, 0.3) is 0 Å². The molecule has 0 aromatic carbocycles. The Labute approximate surface area is 111 Å². The smallest absolute Gasteiger partial charge is 0.306 e. The van der Waals surface area contributed by atoms with E-state index in [2.05, 4.69) is 5.32 Å². The molecule has 0 aliphatic carbocycles. The van der Waals surface area contributed by atoms with E-state index in [0.29, 0.717) is 6.61 Å². The first-order chi connectivity index (χ1) is 8.61. The lowest BCUT2D eigenvalue weighted by molar-refractivity contribution is -0.144. The first-order valence-electron chi connectivity index (χ1n) is 6.09. The lowest BCUT2D eigenvalue weighted by Gasteiger charge is -2.12. The average molecular weight is 269 g/mol. The molecule has 100 valence electrons. The van der Waals surface area contributed by atoms with E-state index in [0.717, 1.165) is 6.42 Å². The Morgan fingerprint density at radius 3 is 2.83 bits per heavy atom. The predicted molar refractivity (Wildman–Crippen MR) is 71.5 cm³/mol. The summed E-state index contributed by atoms with van der Waals surface area (Å²) in [5.41, 5.74) is 0. The van der Waals surface area contributed by atoms with Crippen LogP contribution in [0.2, 0.25) is 0 Å². The topological polar surface area (TPSA) is 55.4 Å². The molecule has 0 radical (unpaired) electrons. The molecule has 0 aliphatic heterocycles. The van der Waals surface area contributed by atoms with Gasteiger partial charge in [0.2, 0.25) is 5.91 Å². The van der Waals surface area contributed by atoms with Gasteiger partial charge in [0.05, 0.1) is 13.0 Å². The van der Waals surface area contributed by atoms with Crippen LogP contribution in [0.3, 0.4) is 0 Å². The van der Waals surface area contributed by atoms with Crippen LogP contribution in [-0.2, 0) is 20.7 Å². The fraction of sp³-hybridized carbons (Fsp3) is 0.538. The first-order valence-corrected chi connectivity index (χ1v) is 6.97. The summed E-state index contributed by atoms with van der Waals surface area (Å²) in [4.78, 5) is 23.9. The van der Waals surface area contributed by atoms with E-state index in [1.807, 2.05) is 24.4 Å². The predicted octanol–water partition coefficient (Wildman–Crippen LogP) is 2.14. The zero-order valence-corrected chi connectivity index (χ0v) is 11.6. The zero-order chi connectivity index (χ0) is 13.4. The van der Waals surface area contributed by atoms with Crippen molar-refractivity contribution in [3.8, 4) is 0 Å². The number of hydrogen-bond acceptors (Lipinski definition) is 4. The SMILES string of the molecule is CCOC(=O)CCC(=O)N[C@H](C)Cc1cccs1. The Morgan fingerprint density at radius 1 is 1.44 bits per heavy atom. The van der Waals surface area contributed by atoms with Crippen LogP contribution in [0.1, 0.15) is 31.6 Å². The molecule has 1 N–H and O–H groups in total. The molecule has 0 fully saturated rings. The van der Waals surface area contributed by atoms with Crippen LogP contribution in [0.25, 0.3) is 0 Å². The van der Waals surface area contributed by atoms with Crippen LogP contribution in [0, 0.1) is 0 Å². The zero-order valence-electron chi connectivity index (χ0n) is 10.8. The third kappa shape index (κ3) is 5.82. The van der Waals surface area contributed by atoms with Gasteiger partial charge in [-0.2, -0.15) is 0 Å². The Balaban J connectivity index is 2.21. The van der Waals surface area contributed by atoms with Crippen LogP contribution in [0.5, 0.6) is 0 Å². The molecule has 0 saturated heterocycles. The third-order valence-electron chi connectivity index (χ3n) is 2.36. The molecule has 0 bridgehead atoms. The van der Waals surface area contributed by atoms with Crippen molar-refractivity contribution >= 4 is 23.2 Å². The highest BCUT2D eigenvalue weighted by Crippen LogP contribution is 2.11. The normalized spacial score (nSPS) is 11.9. The standard InChI is InChI=1S/C13H19NO3S/c1-3-17-13(16)7-6-12(15)14-10(2)9-11-5-4-8-18-11/h4-5,8,10H,3,6-7,9H2,1-2H3,(H,14,15)/t10-/m1/s1. The second kappa shape index (κ2) is 7.87. The Morgan fingerprint density at radius 2 is 2.22 bits per heavy atom. The van der Waals surface area contributed by atoms with Crippen molar-refractivity contribution in [1.82, 2.24) is 5.32 Å². The van der Waals surface area contributed by atoms with Crippen molar-refractivity contribution in [2.24, 2.45) is 0 Å². The van der Waals surface area contributed by atoms with Crippen LogP contribution in [-0.4, -0.2) is 24.5 Å². The molecule has 0 aliphatic rings. The van der Waals surface area contributed by atoms with Crippen molar-refractivity contribution < 1.29 is 14.3 Å². The summed E-state index contributed by atoms with van der Waals surface area (Å²) < 4.78 is 4.77. The average Bonchev–Trinajstić information content (AvgIpc) is 2.79. The minimum atomic E-state index is -0.321. The molecular weight excluding hydrogens is 250 g/mol. The van der Waals surface area contributed by atoms with Gasteiger partial charge in [0, 0.05) is 23.8 Å². The maximum absolute atomic E-state index is 11.6. The number of carbonyl (C=O) groups is 2. The third-order valence-corrected chi connectivity index (χ3v) is 3.26. The van der Waals surface area contributed by atoms with E-state index in [4.69, 9.17) is 4.74 Å². The Hall–Kier alpha value is -1.36. The molecule has 1 rings (SSSR count). The van der Waals surface area contributed by atoms with Gasteiger partial charge in [-0.3, -0.25) is 9.59 Å². The summed E-state index contributed by atoms with van der Waals surface area (Å²) in [6, 6.07) is 4.12. The largest absolute Gasteiger partial charge is 0.466 e. The van der Waals surface area contributed by atoms with Gasteiger partial charge < -0.3 is 10.1 Å². The Kier molecular flexibility index (Phi) is 6.43. The quantitative estimate of drug-likeness (QED) is 0.772. The number of thiophene rings is 1. The van der Waals surface area contributed by atoms with Gasteiger partial charge in [-0.1, -0.05) is 6.07 Å². The molecule has 0 unspecified atom stereocenters. The van der Waals surface area contributed by atoms with Crippen molar-refractivity contribution in [3.05, 3.63) is 22.4 Å². The fourth-order valence-electron chi connectivity index (χ4n) is 1.58. The van der Waals surface area contributed by atoms with Gasteiger partial charge in [-0.25, -0.2) is 0 Å². The van der Waals surface area contributed by atoms with Gasteiger partial charge in [-0.05, 0) is 25.3 Å². The molecule has 1 aromatic heterocycles. The van der Waals surface area contributed by atoms with E-state index in [1.54, 1.807) is 18.3 Å². The van der Waals surface area contributed by atoms with Crippen LogP contribution < -0.4 is 5.32 Å². The Bertz CT molecular complexity index is 376. The highest BCUT2D eigenvalue weighted by molar-refractivity contribution is 7.09. The number of hydrogen-bond donors (Lipinski definition) is 1. The number of esters is 1. The lowest BCUT2D eigenvalue weighted by atomic mass is 10.2. The van der Waals surface area contributed by atoms with Crippen molar-refractivity contribution in [3.63, 3.8) is 0 Å². The van der Waals surface area contributed by atoms with Crippen LogP contribution in [0.15, 0.2) is 17.5 Å². The van der Waals surface area contributed by atoms with Gasteiger partial charge >= 0.3 is 5.97 Å². The molecule has 1 atom stereocenters.